The number of aliphatic hydroxyl groups is 1. The molecule has 3 unspecified atom stereocenters. The van der Waals surface area contributed by atoms with E-state index in [2.05, 4.69) is 5.32 Å². The van der Waals surface area contributed by atoms with Crippen LogP contribution in [0.25, 0.3) is 0 Å². The van der Waals surface area contributed by atoms with Gasteiger partial charge in [0.15, 0.2) is 0 Å². The largest absolute Gasteiger partial charge is 0.388 e. The minimum absolute atomic E-state index is 0.0657. The van der Waals surface area contributed by atoms with Crippen LogP contribution in [0.1, 0.15) is 44.8 Å². The molecule has 2 rings (SSSR count). The molecule has 0 aliphatic carbocycles. The number of nitrogens with one attached hydrogen (secondary N) is 1. The van der Waals surface area contributed by atoms with E-state index in [1.54, 1.807) is 6.07 Å². The summed E-state index contributed by atoms with van der Waals surface area (Å²) >= 11 is 0. The summed E-state index contributed by atoms with van der Waals surface area (Å²) in [6.07, 6.45) is 0.719. The van der Waals surface area contributed by atoms with Crippen molar-refractivity contribution in [3.8, 4) is 0 Å². The minimum Gasteiger partial charge on any atom is -0.388 e. The number of hydrogen-bond acceptors (Lipinski definition) is 3. The van der Waals surface area contributed by atoms with E-state index in [4.69, 9.17) is 4.74 Å². The van der Waals surface area contributed by atoms with Crippen LogP contribution in [-0.4, -0.2) is 29.3 Å². The smallest absolute Gasteiger partial charge is 0.223 e. The Morgan fingerprint density at radius 3 is 2.71 bits per heavy atom. The number of halogens is 1. The summed E-state index contributed by atoms with van der Waals surface area (Å²) in [6.45, 7) is 3.97. The van der Waals surface area contributed by atoms with E-state index < -0.39 is 11.9 Å². The van der Waals surface area contributed by atoms with Gasteiger partial charge in [-0.3, -0.25) is 4.79 Å². The molecule has 0 spiro atoms. The van der Waals surface area contributed by atoms with Crippen LogP contribution in [-0.2, 0) is 9.53 Å². The lowest BCUT2D eigenvalue weighted by molar-refractivity contribution is -0.125. The van der Waals surface area contributed by atoms with Crippen molar-refractivity contribution in [1.29, 1.82) is 0 Å². The lowest BCUT2D eigenvalue weighted by Crippen LogP contribution is -2.44. The molecule has 1 amide bonds. The standard InChI is InChI=1S/C16H22FNO3/c1-10-6-14(7-11(2)21-10)18-16(20)9-15(19)12-4-3-5-13(17)8-12/h3-5,8,10-11,14-15,19H,6-7,9H2,1-2H3,(H,18,20). The van der Waals surface area contributed by atoms with Gasteiger partial charge in [-0.05, 0) is 44.4 Å². The topological polar surface area (TPSA) is 58.6 Å². The van der Waals surface area contributed by atoms with Crippen molar-refractivity contribution in [2.75, 3.05) is 0 Å². The van der Waals surface area contributed by atoms with Gasteiger partial charge in [0.05, 0.1) is 24.7 Å². The van der Waals surface area contributed by atoms with Crippen LogP contribution in [0.4, 0.5) is 4.39 Å². The van der Waals surface area contributed by atoms with E-state index in [9.17, 15) is 14.3 Å². The molecule has 0 bridgehead atoms. The highest BCUT2D eigenvalue weighted by Gasteiger charge is 2.26. The second-order valence-electron chi connectivity index (χ2n) is 5.77. The first-order valence-electron chi connectivity index (χ1n) is 7.32. The van der Waals surface area contributed by atoms with Crippen molar-refractivity contribution in [2.24, 2.45) is 0 Å². The molecule has 116 valence electrons. The number of hydrogen-bond donors (Lipinski definition) is 2. The van der Waals surface area contributed by atoms with E-state index >= 15 is 0 Å². The van der Waals surface area contributed by atoms with Crippen LogP contribution in [0.15, 0.2) is 24.3 Å². The zero-order valence-corrected chi connectivity index (χ0v) is 12.4. The van der Waals surface area contributed by atoms with Gasteiger partial charge in [-0.1, -0.05) is 12.1 Å². The number of rotatable bonds is 4. The Balaban J connectivity index is 1.86. The van der Waals surface area contributed by atoms with E-state index in [0.717, 1.165) is 12.8 Å². The SMILES string of the molecule is CC1CC(NC(=O)CC(O)c2cccc(F)c2)CC(C)O1. The number of carbonyl (C=O) groups is 1. The first-order valence-corrected chi connectivity index (χ1v) is 7.32. The average molecular weight is 295 g/mol. The fourth-order valence-electron chi connectivity index (χ4n) is 2.82. The van der Waals surface area contributed by atoms with Gasteiger partial charge in [0, 0.05) is 6.04 Å². The number of benzene rings is 1. The Hall–Kier alpha value is -1.46. The number of ether oxygens (including phenoxy) is 1. The van der Waals surface area contributed by atoms with Gasteiger partial charge in [0.1, 0.15) is 5.82 Å². The molecule has 0 radical (unpaired) electrons. The maximum atomic E-state index is 13.1. The molecular formula is C16H22FNO3. The first kappa shape index (κ1) is 15.9. The van der Waals surface area contributed by atoms with Crippen LogP contribution in [0.5, 0.6) is 0 Å². The molecule has 1 aliphatic rings. The van der Waals surface area contributed by atoms with Gasteiger partial charge >= 0.3 is 0 Å². The second kappa shape index (κ2) is 7.00. The number of amides is 1. The number of carbonyl (C=O) groups excluding carboxylic acids is 1. The fourth-order valence-corrected chi connectivity index (χ4v) is 2.82. The van der Waals surface area contributed by atoms with E-state index in [1.807, 2.05) is 13.8 Å². The van der Waals surface area contributed by atoms with Crippen LogP contribution in [0.3, 0.4) is 0 Å². The summed E-state index contributed by atoms with van der Waals surface area (Å²) in [7, 11) is 0. The number of aliphatic hydroxyl groups excluding tert-OH is 1. The Labute approximate surface area is 124 Å². The highest BCUT2D eigenvalue weighted by molar-refractivity contribution is 5.77. The predicted molar refractivity (Wildman–Crippen MR) is 77.2 cm³/mol. The summed E-state index contributed by atoms with van der Waals surface area (Å²) in [5, 5.41) is 12.9. The molecule has 3 atom stereocenters. The average Bonchev–Trinajstić information content (AvgIpc) is 2.37. The molecule has 1 heterocycles. The summed E-state index contributed by atoms with van der Waals surface area (Å²) in [5.74, 6) is -0.642. The van der Waals surface area contributed by atoms with E-state index in [0.29, 0.717) is 5.56 Å². The molecule has 1 aromatic carbocycles. The fraction of sp³-hybridized carbons (Fsp3) is 0.562. The van der Waals surface area contributed by atoms with Crippen LogP contribution in [0, 0.1) is 5.82 Å². The molecule has 1 aromatic rings. The van der Waals surface area contributed by atoms with Crippen molar-refractivity contribution in [3.63, 3.8) is 0 Å². The third kappa shape index (κ3) is 4.79. The quantitative estimate of drug-likeness (QED) is 0.896. The van der Waals surface area contributed by atoms with Crippen LogP contribution < -0.4 is 5.32 Å². The summed E-state index contributed by atoms with van der Waals surface area (Å²) in [6, 6.07) is 5.75. The molecule has 1 saturated heterocycles. The molecule has 0 saturated carbocycles. The third-order valence-electron chi connectivity index (χ3n) is 3.67. The Kier molecular flexibility index (Phi) is 5.31. The zero-order valence-electron chi connectivity index (χ0n) is 12.4. The lowest BCUT2D eigenvalue weighted by atomic mass is 9.99. The molecule has 4 nitrogen and oxygen atoms in total. The van der Waals surface area contributed by atoms with Crippen LogP contribution >= 0.6 is 0 Å². The van der Waals surface area contributed by atoms with Crippen LogP contribution in [0.2, 0.25) is 0 Å². The van der Waals surface area contributed by atoms with Gasteiger partial charge in [-0.2, -0.15) is 0 Å². The van der Waals surface area contributed by atoms with Gasteiger partial charge < -0.3 is 15.2 Å². The maximum absolute atomic E-state index is 13.1. The molecule has 5 heteroatoms. The van der Waals surface area contributed by atoms with Crippen molar-refractivity contribution in [1.82, 2.24) is 5.32 Å². The Morgan fingerprint density at radius 2 is 2.10 bits per heavy atom. The highest BCUT2D eigenvalue weighted by atomic mass is 19.1. The highest BCUT2D eigenvalue weighted by Crippen LogP contribution is 2.21. The van der Waals surface area contributed by atoms with Gasteiger partial charge in [0.25, 0.3) is 0 Å². The van der Waals surface area contributed by atoms with Gasteiger partial charge in [0.2, 0.25) is 5.91 Å². The molecular weight excluding hydrogens is 273 g/mol. The third-order valence-corrected chi connectivity index (χ3v) is 3.67. The van der Waals surface area contributed by atoms with Gasteiger partial charge in [-0.15, -0.1) is 0 Å². The molecule has 21 heavy (non-hydrogen) atoms. The maximum Gasteiger partial charge on any atom is 0.223 e. The van der Waals surface area contributed by atoms with Crippen molar-refractivity contribution < 1.29 is 19.0 Å². The van der Waals surface area contributed by atoms with Crippen molar-refractivity contribution in [2.45, 2.75) is 57.5 Å². The van der Waals surface area contributed by atoms with Crippen molar-refractivity contribution >= 4 is 5.91 Å². The van der Waals surface area contributed by atoms with Crippen molar-refractivity contribution in [3.05, 3.63) is 35.6 Å². The predicted octanol–water partition coefficient (Wildman–Crippen LogP) is 2.32. The summed E-state index contributed by atoms with van der Waals surface area (Å²) < 4.78 is 18.7. The van der Waals surface area contributed by atoms with E-state index in [1.165, 1.54) is 18.2 Å². The summed E-state index contributed by atoms with van der Waals surface area (Å²) in [4.78, 5) is 12.0. The molecule has 1 fully saturated rings. The van der Waals surface area contributed by atoms with E-state index in [-0.39, 0.29) is 30.6 Å². The summed E-state index contributed by atoms with van der Waals surface area (Å²) in [5.41, 5.74) is 0.416. The molecule has 2 N–H and O–H groups in total. The zero-order chi connectivity index (χ0) is 15.4. The molecule has 0 aromatic heterocycles. The first-order chi connectivity index (χ1) is 9.94. The molecule has 1 aliphatic heterocycles. The lowest BCUT2D eigenvalue weighted by Gasteiger charge is -2.32. The van der Waals surface area contributed by atoms with Gasteiger partial charge in [-0.25, -0.2) is 4.39 Å². The Morgan fingerprint density at radius 1 is 1.43 bits per heavy atom. The minimum atomic E-state index is -0.990. The normalized spacial score (nSPS) is 27.1. The second-order valence-corrected chi connectivity index (χ2v) is 5.77. The Bertz CT molecular complexity index is 484. The monoisotopic (exact) mass is 295 g/mol.